The van der Waals surface area contributed by atoms with Crippen LogP contribution in [0.2, 0.25) is 0 Å². The van der Waals surface area contributed by atoms with Crippen LogP contribution in [-0.2, 0) is 11.2 Å². The second-order valence-electron chi connectivity index (χ2n) is 5.89. The van der Waals surface area contributed by atoms with Crippen LogP contribution in [0.15, 0.2) is 42.7 Å². The Labute approximate surface area is 138 Å². The maximum absolute atomic E-state index is 11.9. The quantitative estimate of drug-likeness (QED) is 0.728. The Morgan fingerprint density at radius 3 is 2.92 bits per heavy atom. The number of Topliss-reactive ketones (excluding diaryl/α,β-unsaturated/α-hetero) is 1. The predicted molar refractivity (Wildman–Crippen MR) is 92.4 cm³/mol. The van der Waals surface area contributed by atoms with E-state index >= 15 is 0 Å². The molecule has 2 heterocycles. The smallest absolute Gasteiger partial charge is 0.241 e. The van der Waals surface area contributed by atoms with E-state index in [1.165, 1.54) is 6.08 Å². The molecule has 0 radical (unpaired) electrons. The molecule has 1 aliphatic carbocycles. The van der Waals surface area contributed by atoms with Crippen LogP contribution >= 0.6 is 0 Å². The molecule has 0 spiro atoms. The summed E-state index contributed by atoms with van der Waals surface area (Å²) in [5.41, 5.74) is 10.6. The van der Waals surface area contributed by atoms with Gasteiger partial charge in [-0.3, -0.25) is 9.59 Å². The van der Waals surface area contributed by atoms with Crippen molar-refractivity contribution in [1.29, 1.82) is 0 Å². The molecule has 3 aromatic rings. The van der Waals surface area contributed by atoms with Crippen molar-refractivity contribution in [3.05, 3.63) is 59.4 Å². The molecule has 0 aliphatic heterocycles. The summed E-state index contributed by atoms with van der Waals surface area (Å²) in [5, 5.41) is 0.900. The van der Waals surface area contributed by atoms with Crippen molar-refractivity contribution >= 4 is 28.8 Å². The van der Waals surface area contributed by atoms with Gasteiger partial charge < -0.3 is 10.7 Å². The fourth-order valence-corrected chi connectivity index (χ4v) is 3.11. The van der Waals surface area contributed by atoms with Gasteiger partial charge >= 0.3 is 0 Å². The average Bonchev–Trinajstić information content (AvgIpc) is 3.16. The first-order chi connectivity index (χ1) is 11.6. The number of aromatic nitrogens is 2. The zero-order valence-electron chi connectivity index (χ0n) is 12.9. The number of fused-ring (bicyclic) bond motifs is 2. The Bertz CT molecular complexity index is 1010. The van der Waals surface area contributed by atoms with Gasteiger partial charge in [-0.25, -0.2) is 4.98 Å². The van der Waals surface area contributed by atoms with Gasteiger partial charge in [0.15, 0.2) is 5.78 Å². The summed E-state index contributed by atoms with van der Waals surface area (Å²) in [6.45, 7) is 0. The number of aryl methyl sites for hydroxylation is 1. The van der Waals surface area contributed by atoms with E-state index in [0.29, 0.717) is 6.42 Å². The average molecular weight is 317 g/mol. The van der Waals surface area contributed by atoms with E-state index in [4.69, 9.17) is 5.73 Å². The van der Waals surface area contributed by atoms with Crippen LogP contribution in [0, 0.1) is 0 Å². The highest BCUT2D eigenvalue weighted by atomic mass is 16.1. The van der Waals surface area contributed by atoms with Gasteiger partial charge in [-0.2, -0.15) is 0 Å². The number of pyridine rings is 1. The third kappa shape index (κ3) is 2.40. The zero-order chi connectivity index (χ0) is 16.7. The second-order valence-corrected chi connectivity index (χ2v) is 5.89. The first-order valence-electron chi connectivity index (χ1n) is 7.73. The molecule has 0 unspecified atom stereocenters. The van der Waals surface area contributed by atoms with Crippen molar-refractivity contribution in [2.24, 2.45) is 5.73 Å². The lowest BCUT2D eigenvalue weighted by molar-refractivity contribution is -0.113. The summed E-state index contributed by atoms with van der Waals surface area (Å²) < 4.78 is 0. The number of rotatable bonds is 3. The minimum absolute atomic E-state index is 0.201. The van der Waals surface area contributed by atoms with Crippen LogP contribution < -0.4 is 5.73 Å². The molecule has 1 amide bonds. The van der Waals surface area contributed by atoms with E-state index in [1.54, 1.807) is 18.5 Å². The van der Waals surface area contributed by atoms with Gasteiger partial charge in [0.2, 0.25) is 5.91 Å². The lowest BCUT2D eigenvalue weighted by Crippen LogP contribution is -2.04. The fraction of sp³-hybridized carbons (Fsp3) is 0.105. The largest absolute Gasteiger partial charge is 0.366 e. The van der Waals surface area contributed by atoms with E-state index in [-0.39, 0.29) is 5.78 Å². The van der Waals surface area contributed by atoms with Crippen molar-refractivity contribution in [3.63, 3.8) is 0 Å². The molecule has 0 saturated carbocycles. The lowest BCUT2D eigenvalue weighted by atomic mass is 10.0. The van der Waals surface area contributed by atoms with Crippen molar-refractivity contribution in [3.8, 4) is 11.1 Å². The Kier molecular flexibility index (Phi) is 3.27. The number of carbonyl (C=O) groups is 2. The van der Waals surface area contributed by atoms with Crippen LogP contribution in [0.25, 0.3) is 28.2 Å². The van der Waals surface area contributed by atoms with E-state index < -0.39 is 5.91 Å². The van der Waals surface area contributed by atoms with Gasteiger partial charge in [-0.1, -0.05) is 12.1 Å². The van der Waals surface area contributed by atoms with Gasteiger partial charge in [0.05, 0.1) is 0 Å². The van der Waals surface area contributed by atoms with E-state index in [1.807, 2.05) is 24.3 Å². The first-order valence-corrected chi connectivity index (χ1v) is 7.73. The number of hydrogen-bond acceptors (Lipinski definition) is 3. The third-order valence-corrected chi connectivity index (χ3v) is 4.36. The molecule has 24 heavy (non-hydrogen) atoms. The molecule has 5 nitrogen and oxygen atoms in total. The number of benzene rings is 1. The topological polar surface area (TPSA) is 88.8 Å². The minimum atomic E-state index is -0.495. The fourth-order valence-electron chi connectivity index (χ4n) is 3.11. The minimum Gasteiger partial charge on any atom is -0.366 e. The maximum atomic E-state index is 11.9. The number of nitrogens with zero attached hydrogens (tertiary/aromatic N) is 1. The highest BCUT2D eigenvalue weighted by Gasteiger charge is 2.19. The molecule has 5 heteroatoms. The number of nitrogens with one attached hydrogen (secondary N) is 1. The molecule has 1 aliphatic rings. The highest BCUT2D eigenvalue weighted by molar-refractivity contribution is 6.02. The summed E-state index contributed by atoms with van der Waals surface area (Å²) in [7, 11) is 0. The van der Waals surface area contributed by atoms with Gasteiger partial charge in [-0.15, -0.1) is 0 Å². The van der Waals surface area contributed by atoms with Crippen LogP contribution in [0.3, 0.4) is 0 Å². The Morgan fingerprint density at radius 2 is 2.08 bits per heavy atom. The third-order valence-electron chi connectivity index (χ3n) is 4.36. The maximum Gasteiger partial charge on any atom is 0.241 e. The predicted octanol–water partition coefficient (Wildman–Crippen LogP) is 2.86. The van der Waals surface area contributed by atoms with Gasteiger partial charge in [0.1, 0.15) is 5.65 Å². The first kappa shape index (κ1) is 14.4. The van der Waals surface area contributed by atoms with Crippen molar-refractivity contribution in [2.75, 3.05) is 0 Å². The number of carbonyl (C=O) groups excluding carboxylic acids is 2. The molecule has 0 fully saturated rings. The number of nitrogens with two attached hydrogens (primary N) is 1. The monoisotopic (exact) mass is 317 g/mol. The Balaban J connectivity index is 1.80. The van der Waals surface area contributed by atoms with Crippen LogP contribution in [-0.4, -0.2) is 21.7 Å². The van der Waals surface area contributed by atoms with E-state index in [0.717, 1.165) is 45.3 Å². The molecule has 3 N–H and O–H groups in total. The molecule has 2 aromatic heterocycles. The SMILES string of the molecule is NC(=O)C=Cc1c[nH]c2ncc(-c3ccc4c(c3)C(=O)CC4)cc12. The van der Waals surface area contributed by atoms with E-state index in [9.17, 15) is 9.59 Å². The van der Waals surface area contributed by atoms with Crippen molar-refractivity contribution in [2.45, 2.75) is 12.8 Å². The van der Waals surface area contributed by atoms with Crippen LogP contribution in [0.4, 0.5) is 0 Å². The summed E-state index contributed by atoms with van der Waals surface area (Å²) in [5.74, 6) is -0.293. The molecule has 118 valence electrons. The standard InChI is InChI=1S/C19H15N3O2/c20-18(24)6-4-13-9-21-19-16(13)8-14(10-22-19)12-2-1-11-3-5-17(23)15(11)7-12/h1-2,4,6-10H,3,5H2,(H2,20,24)(H,21,22). The van der Waals surface area contributed by atoms with Crippen molar-refractivity contribution < 1.29 is 9.59 Å². The summed E-state index contributed by atoms with van der Waals surface area (Å²) in [6, 6.07) is 7.98. The number of primary amides is 1. The van der Waals surface area contributed by atoms with Crippen LogP contribution in [0.1, 0.15) is 27.9 Å². The Morgan fingerprint density at radius 1 is 1.21 bits per heavy atom. The van der Waals surface area contributed by atoms with Crippen molar-refractivity contribution in [1.82, 2.24) is 9.97 Å². The number of aromatic amines is 1. The van der Waals surface area contributed by atoms with E-state index in [2.05, 4.69) is 9.97 Å². The zero-order valence-corrected chi connectivity index (χ0v) is 12.9. The molecule has 1 aromatic carbocycles. The normalized spacial score (nSPS) is 13.8. The molecular weight excluding hydrogens is 302 g/mol. The summed E-state index contributed by atoms with van der Waals surface area (Å²) in [6.07, 6.45) is 7.97. The number of amides is 1. The molecule has 4 rings (SSSR count). The highest BCUT2D eigenvalue weighted by Crippen LogP contribution is 2.30. The van der Waals surface area contributed by atoms with Gasteiger partial charge in [-0.05, 0) is 35.8 Å². The molecule has 0 bridgehead atoms. The lowest BCUT2D eigenvalue weighted by Gasteiger charge is -2.05. The number of hydrogen-bond donors (Lipinski definition) is 2. The molecule has 0 saturated heterocycles. The van der Waals surface area contributed by atoms with Crippen LogP contribution in [0.5, 0.6) is 0 Å². The molecule has 0 atom stereocenters. The second kappa shape index (κ2) is 5.45. The number of H-pyrrole nitrogens is 1. The molecular formula is C19H15N3O2. The summed E-state index contributed by atoms with van der Waals surface area (Å²) in [4.78, 5) is 30.4. The van der Waals surface area contributed by atoms with Gasteiger partial charge in [0.25, 0.3) is 0 Å². The van der Waals surface area contributed by atoms with Gasteiger partial charge in [0, 0.05) is 47.0 Å². The number of ketones is 1. The summed E-state index contributed by atoms with van der Waals surface area (Å²) >= 11 is 0. The Hall–Kier alpha value is -3.21.